The number of benzene rings is 2. The van der Waals surface area contributed by atoms with E-state index in [2.05, 4.69) is 9.97 Å². The van der Waals surface area contributed by atoms with E-state index in [1.165, 1.54) is 0 Å². The second kappa shape index (κ2) is 6.69. The van der Waals surface area contributed by atoms with E-state index >= 15 is 0 Å². The molecule has 0 spiro atoms. The van der Waals surface area contributed by atoms with Crippen LogP contribution in [0.3, 0.4) is 0 Å². The van der Waals surface area contributed by atoms with Crippen molar-refractivity contribution in [1.82, 2.24) is 9.97 Å². The molecule has 3 aromatic rings. The summed E-state index contributed by atoms with van der Waals surface area (Å²) >= 11 is 12.1. The smallest absolute Gasteiger partial charge is 0.142 e. The largest absolute Gasteiger partial charge is 0.494 e. The number of fused-ring (bicyclic) bond motifs is 1. The number of aromatic amines is 1. The highest BCUT2D eigenvalue weighted by Gasteiger charge is 2.13. The number of imidazole rings is 1. The third kappa shape index (κ3) is 3.23. The molecule has 0 aliphatic carbocycles. The molecule has 0 saturated heterocycles. The molecule has 0 aliphatic rings. The topological polar surface area (TPSA) is 47.1 Å². The third-order valence-corrected chi connectivity index (χ3v) is 4.07. The highest BCUT2D eigenvalue weighted by molar-refractivity contribution is 6.42. The van der Waals surface area contributed by atoms with Crippen LogP contribution in [0.15, 0.2) is 30.3 Å². The molecule has 2 aromatic carbocycles. The van der Waals surface area contributed by atoms with E-state index in [0.29, 0.717) is 29.1 Å². The van der Waals surface area contributed by atoms with Gasteiger partial charge >= 0.3 is 0 Å². The van der Waals surface area contributed by atoms with Crippen molar-refractivity contribution in [2.75, 3.05) is 13.2 Å². The van der Waals surface area contributed by atoms with Crippen LogP contribution in [0, 0.1) is 0 Å². The van der Waals surface area contributed by atoms with Crippen LogP contribution < -0.4 is 9.47 Å². The Bertz CT molecular complexity index is 807. The molecule has 0 fully saturated rings. The van der Waals surface area contributed by atoms with Crippen LogP contribution in [0.4, 0.5) is 0 Å². The van der Waals surface area contributed by atoms with Crippen molar-refractivity contribution < 1.29 is 9.47 Å². The molecule has 0 atom stereocenters. The van der Waals surface area contributed by atoms with Gasteiger partial charge in [-0.3, -0.25) is 0 Å². The standard InChI is InChI=1S/C17H16Cl2N2O2/c1-3-22-10-5-6-11(16(7-10)23-4-2)17-20-14-8-12(18)13(19)9-15(14)21-17/h5-9H,3-4H2,1-2H3,(H,20,21). The number of rotatable bonds is 5. The summed E-state index contributed by atoms with van der Waals surface area (Å²) in [7, 11) is 0. The SMILES string of the molecule is CCOc1ccc(-c2nc3cc(Cl)c(Cl)cc3[nH]2)c(OCC)c1. The van der Waals surface area contributed by atoms with Gasteiger partial charge in [0.25, 0.3) is 0 Å². The Balaban J connectivity index is 2.09. The fourth-order valence-electron chi connectivity index (χ4n) is 2.36. The Kier molecular flexibility index (Phi) is 4.64. The molecule has 120 valence electrons. The Labute approximate surface area is 144 Å². The fourth-order valence-corrected chi connectivity index (χ4v) is 2.68. The quantitative estimate of drug-likeness (QED) is 0.675. The first kappa shape index (κ1) is 16.0. The second-order valence-electron chi connectivity index (χ2n) is 4.89. The lowest BCUT2D eigenvalue weighted by Crippen LogP contribution is -1.97. The molecular formula is C17H16Cl2N2O2. The summed E-state index contributed by atoms with van der Waals surface area (Å²) < 4.78 is 11.3. The Morgan fingerprint density at radius 2 is 1.74 bits per heavy atom. The average molecular weight is 351 g/mol. The van der Waals surface area contributed by atoms with E-state index in [0.717, 1.165) is 28.1 Å². The van der Waals surface area contributed by atoms with Crippen LogP contribution in [0.1, 0.15) is 13.8 Å². The molecule has 0 radical (unpaired) electrons. The molecule has 23 heavy (non-hydrogen) atoms. The van der Waals surface area contributed by atoms with E-state index in [-0.39, 0.29) is 0 Å². The van der Waals surface area contributed by atoms with Crippen molar-refractivity contribution in [3.8, 4) is 22.9 Å². The third-order valence-electron chi connectivity index (χ3n) is 3.34. The molecule has 6 heteroatoms. The van der Waals surface area contributed by atoms with Crippen LogP contribution in [0.25, 0.3) is 22.4 Å². The van der Waals surface area contributed by atoms with Crippen LogP contribution in [0.2, 0.25) is 10.0 Å². The second-order valence-corrected chi connectivity index (χ2v) is 5.71. The number of nitrogens with zero attached hydrogens (tertiary/aromatic N) is 1. The Morgan fingerprint density at radius 3 is 2.48 bits per heavy atom. The first-order chi connectivity index (χ1) is 11.1. The maximum Gasteiger partial charge on any atom is 0.142 e. The summed E-state index contributed by atoms with van der Waals surface area (Å²) in [6.45, 7) is 5.04. The minimum Gasteiger partial charge on any atom is -0.494 e. The van der Waals surface area contributed by atoms with E-state index in [4.69, 9.17) is 32.7 Å². The summed E-state index contributed by atoms with van der Waals surface area (Å²) in [5, 5.41) is 0.972. The molecule has 4 nitrogen and oxygen atoms in total. The summed E-state index contributed by atoms with van der Waals surface area (Å²) in [5.74, 6) is 2.18. The molecule has 0 amide bonds. The van der Waals surface area contributed by atoms with Gasteiger partial charge in [0.05, 0.1) is 39.9 Å². The average Bonchev–Trinajstić information content (AvgIpc) is 2.91. The fraction of sp³-hybridized carbons (Fsp3) is 0.235. The molecule has 1 heterocycles. The number of halogens is 2. The lowest BCUT2D eigenvalue weighted by atomic mass is 10.2. The monoisotopic (exact) mass is 350 g/mol. The Morgan fingerprint density at radius 1 is 1.00 bits per heavy atom. The first-order valence-corrected chi connectivity index (χ1v) is 8.12. The van der Waals surface area contributed by atoms with Gasteiger partial charge in [-0.05, 0) is 38.1 Å². The van der Waals surface area contributed by atoms with Crippen molar-refractivity contribution in [2.45, 2.75) is 13.8 Å². The van der Waals surface area contributed by atoms with Gasteiger partial charge in [0.2, 0.25) is 0 Å². The van der Waals surface area contributed by atoms with Gasteiger partial charge in [-0.2, -0.15) is 0 Å². The first-order valence-electron chi connectivity index (χ1n) is 7.37. The van der Waals surface area contributed by atoms with Crippen molar-refractivity contribution in [3.05, 3.63) is 40.4 Å². The predicted octanol–water partition coefficient (Wildman–Crippen LogP) is 5.33. The van der Waals surface area contributed by atoms with Crippen LogP contribution in [0.5, 0.6) is 11.5 Å². The van der Waals surface area contributed by atoms with E-state index in [1.54, 1.807) is 12.1 Å². The minimum atomic E-state index is 0.481. The molecule has 0 saturated carbocycles. The maximum absolute atomic E-state index is 6.06. The van der Waals surface area contributed by atoms with Gasteiger partial charge in [0, 0.05) is 6.07 Å². The van der Waals surface area contributed by atoms with E-state index in [9.17, 15) is 0 Å². The number of hydrogen-bond acceptors (Lipinski definition) is 3. The van der Waals surface area contributed by atoms with Gasteiger partial charge < -0.3 is 14.5 Å². The molecule has 0 unspecified atom stereocenters. The van der Waals surface area contributed by atoms with Crippen LogP contribution >= 0.6 is 23.2 Å². The number of hydrogen-bond donors (Lipinski definition) is 1. The normalized spacial score (nSPS) is 11.0. The van der Waals surface area contributed by atoms with Crippen molar-refractivity contribution in [1.29, 1.82) is 0 Å². The lowest BCUT2D eigenvalue weighted by molar-refractivity contribution is 0.324. The van der Waals surface area contributed by atoms with E-state index < -0.39 is 0 Å². The molecule has 0 aliphatic heterocycles. The highest BCUT2D eigenvalue weighted by Crippen LogP contribution is 2.34. The number of aromatic nitrogens is 2. The van der Waals surface area contributed by atoms with Crippen LogP contribution in [-0.2, 0) is 0 Å². The number of ether oxygens (including phenoxy) is 2. The highest BCUT2D eigenvalue weighted by atomic mass is 35.5. The summed E-state index contributed by atoms with van der Waals surface area (Å²) in [4.78, 5) is 7.84. The molecule has 1 N–H and O–H groups in total. The molecule has 1 aromatic heterocycles. The number of H-pyrrole nitrogens is 1. The van der Waals surface area contributed by atoms with Crippen molar-refractivity contribution in [2.24, 2.45) is 0 Å². The maximum atomic E-state index is 6.06. The van der Waals surface area contributed by atoms with Gasteiger partial charge in [0.1, 0.15) is 17.3 Å². The van der Waals surface area contributed by atoms with Crippen molar-refractivity contribution in [3.63, 3.8) is 0 Å². The lowest BCUT2D eigenvalue weighted by Gasteiger charge is -2.11. The predicted molar refractivity (Wildman–Crippen MR) is 93.9 cm³/mol. The van der Waals surface area contributed by atoms with Gasteiger partial charge in [-0.25, -0.2) is 4.98 Å². The minimum absolute atomic E-state index is 0.481. The summed E-state index contributed by atoms with van der Waals surface area (Å²) in [6.07, 6.45) is 0. The number of nitrogens with one attached hydrogen (secondary N) is 1. The summed E-state index contributed by atoms with van der Waals surface area (Å²) in [5.41, 5.74) is 2.44. The molecular weight excluding hydrogens is 335 g/mol. The molecule has 3 rings (SSSR count). The summed E-state index contributed by atoms with van der Waals surface area (Å²) in [6, 6.07) is 9.21. The zero-order chi connectivity index (χ0) is 16.4. The van der Waals surface area contributed by atoms with Crippen LogP contribution in [-0.4, -0.2) is 23.2 Å². The zero-order valence-electron chi connectivity index (χ0n) is 12.8. The molecule has 0 bridgehead atoms. The van der Waals surface area contributed by atoms with Gasteiger partial charge in [-0.15, -0.1) is 0 Å². The van der Waals surface area contributed by atoms with Gasteiger partial charge in [-0.1, -0.05) is 23.2 Å². The zero-order valence-corrected chi connectivity index (χ0v) is 14.3. The van der Waals surface area contributed by atoms with E-state index in [1.807, 2.05) is 32.0 Å². The van der Waals surface area contributed by atoms with Gasteiger partial charge in [0.15, 0.2) is 0 Å². The van der Waals surface area contributed by atoms with Crippen molar-refractivity contribution >= 4 is 34.2 Å². The Hall–Kier alpha value is -1.91.